The highest BCUT2D eigenvalue weighted by Gasteiger charge is 2.10. The van der Waals surface area contributed by atoms with Crippen molar-refractivity contribution in [2.45, 2.75) is 13.2 Å². The van der Waals surface area contributed by atoms with E-state index in [1.54, 1.807) is 6.07 Å². The van der Waals surface area contributed by atoms with Crippen LogP contribution >= 0.6 is 15.9 Å². The van der Waals surface area contributed by atoms with E-state index < -0.39 is 5.82 Å². The second kappa shape index (κ2) is 5.98. The van der Waals surface area contributed by atoms with Gasteiger partial charge in [0.2, 0.25) is 0 Å². The molecular formula is C14H12BrFO2. The molecule has 94 valence electrons. The van der Waals surface area contributed by atoms with Crippen molar-refractivity contribution >= 4 is 15.9 Å². The van der Waals surface area contributed by atoms with Gasteiger partial charge < -0.3 is 9.84 Å². The van der Waals surface area contributed by atoms with Crippen LogP contribution in [-0.2, 0) is 13.2 Å². The first-order chi connectivity index (χ1) is 8.70. The Morgan fingerprint density at radius 3 is 2.56 bits per heavy atom. The summed E-state index contributed by atoms with van der Waals surface area (Å²) in [6.45, 7) is -0.0634. The number of aliphatic hydroxyl groups excluding tert-OH is 1. The molecule has 2 nitrogen and oxygen atoms in total. The van der Waals surface area contributed by atoms with Gasteiger partial charge in [0.25, 0.3) is 0 Å². The quantitative estimate of drug-likeness (QED) is 0.934. The second-order valence-electron chi connectivity index (χ2n) is 3.81. The Kier molecular flexibility index (Phi) is 4.33. The van der Waals surface area contributed by atoms with Crippen LogP contribution in [0.2, 0.25) is 0 Å². The molecule has 0 saturated carbocycles. The molecule has 0 fully saturated rings. The maximum Gasteiger partial charge on any atom is 0.170 e. The van der Waals surface area contributed by atoms with Gasteiger partial charge in [0, 0.05) is 10.0 Å². The fraction of sp³-hybridized carbons (Fsp3) is 0.143. The number of hydrogen-bond acceptors (Lipinski definition) is 2. The van der Waals surface area contributed by atoms with E-state index >= 15 is 0 Å². The van der Waals surface area contributed by atoms with Crippen molar-refractivity contribution in [3.63, 3.8) is 0 Å². The van der Waals surface area contributed by atoms with Crippen LogP contribution in [0, 0.1) is 5.82 Å². The predicted molar refractivity (Wildman–Crippen MR) is 70.8 cm³/mol. The largest absolute Gasteiger partial charge is 0.486 e. The molecule has 0 aliphatic heterocycles. The molecule has 0 aromatic heterocycles. The highest BCUT2D eigenvalue weighted by atomic mass is 79.9. The van der Waals surface area contributed by atoms with Crippen LogP contribution in [0.25, 0.3) is 0 Å². The fourth-order valence-electron chi connectivity index (χ4n) is 1.57. The zero-order valence-corrected chi connectivity index (χ0v) is 11.2. The van der Waals surface area contributed by atoms with E-state index in [2.05, 4.69) is 15.9 Å². The van der Waals surface area contributed by atoms with Crippen LogP contribution in [0.4, 0.5) is 4.39 Å². The third-order valence-electron chi connectivity index (χ3n) is 2.49. The van der Waals surface area contributed by atoms with Gasteiger partial charge in [-0.05, 0) is 17.7 Å². The predicted octanol–water partition coefficient (Wildman–Crippen LogP) is 3.66. The van der Waals surface area contributed by atoms with Gasteiger partial charge in [-0.2, -0.15) is 0 Å². The average Bonchev–Trinajstić information content (AvgIpc) is 2.40. The van der Waals surface area contributed by atoms with Gasteiger partial charge in [-0.1, -0.05) is 46.3 Å². The van der Waals surface area contributed by atoms with Crippen LogP contribution in [0.1, 0.15) is 11.1 Å². The molecule has 2 aromatic rings. The number of hydrogen-bond donors (Lipinski definition) is 1. The summed E-state index contributed by atoms with van der Waals surface area (Å²) in [6, 6.07) is 12.6. The Labute approximate surface area is 113 Å². The Morgan fingerprint density at radius 1 is 1.17 bits per heavy atom. The molecule has 0 saturated heterocycles. The van der Waals surface area contributed by atoms with E-state index in [0.717, 1.165) is 5.56 Å². The Morgan fingerprint density at radius 2 is 1.89 bits per heavy atom. The lowest BCUT2D eigenvalue weighted by molar-refractivity contribution is 0.263. The summed E-state index contributed by atoms with van der Waals surface area (Å²) in [4.78, 5) is 0. The molecule has 18 heavy (non-hydrogen) atoms. The number of ether oxygens (including phenoxy) is 1. The molecule has 0 aliphatic rings. The first-order valence-electron chi connectivity index (χ1n) is 5.46. The van der Waals surface area contributed by atoms with Crippen LogP contribution in [-0.4, -0.2) is 5.11 Å². The lowest BCUT2D eigenvalue weighted by Gasteiger charge is -2.10. The highest BCUT2D eigenvalue weighted by Crippen LogP contribution is 2.27. The maximum absolute atomic E-state index is 13.8. The Balaban J connectivity index is 2.17. The van der Waals surface area contributed by atoms with Gasteiger partial charge in [-0.15, -0.1) is 0 Å². The highest BCUT2D eigenvalue weighted by molar-refractivity contribution is 9.10. The third kappa shape index (κ3) is 3.09. The molecule has 4 heteroatoms. The normalized spacial score (nSPS) is 10.4. The molecular weight excluding hydrogens is 299 g/mol. The zero-order valence-electron chi connectivity index (χ0n) is 9.57. The monoisotopic (exact) mass is 310 g/mol. The van der Waals surface area contributed by atoms with Crippen molar-refractivity contribution in [3.05, 3.63) is 63.9 Å². The summed E-state index contributed by atoms with van der Waals surface area (Å²) in [6.07, 6.45) is 0. The smallest absolute Gasteiger partial charge is 0.170 e. The number of benzene rings is 2. The molecule has 0 heterocycles. The van der Waals surface area contributed by atoms with Crippen LogP contribution in [0.3, 0.4) is 0 Å². The molecule has 2 rings (SSSR count). The molecule has 0 amide bonds. The van der Waals surface area contributed by atoms with Gasteiger partial charge in [-0.3, -0.25) is 0 Å². The molecule has 0 radical (unpaired) electrons. The van der Waals surface area contributed by atoms with E-state index in [1.807, 2.05) is 30.3 Å². The number of aliphatic hydroxyl groups is 1. The van der Waals surface area contributed by atoms with Gasteiger partial charge >= 0.3 is 0 Å². The molecule has 1 N–H and O–H groups in total. The van der Waals surface area contributed by atoms with Crippen LogP contribution < -0.4 is 4.74 Å². The minimum Gasteiger partial charge on any atom is -0.486 e. The van der Waals surface area contributed by atoms with E-state index in [9.17, 15) is 4.39 Å². The molecule has 0 aliphatic carbocycles. The number of halogens is 2. The van der Waals surface area contributed by atoms with Crippen molar-refractivity contribution in [2.24, 2.45) is 0 Å². The van der Waals surface area contributed by atoms with Crippen LogP contribution in [0.15, 0.2) is 46.9 Å². The standard InChI is InChI=1S/C14H12BrFO2/c15-12-6-11(8-17)14(16)13(7-12)18-9-10-4-2-1-3-5-10/h1-7,17H,8-9H2. The van der Waals surface area contributed by atoms with Gasteiger partial charge in [-0.25, -0.2) is 4.39 Å². The van der Waals surface area contributed by atoms with E-state index in [1.165, 1.54) is 6.07 Å². The SMILES string of the molecule is OCc1cc(Br)cc(OCc2ccccc2)c1F. The lowest BCUT2D eigenvalue weighted by Crippen LogP contribution is -2.00. The summed E-state index contributed by atoms with van der Waals surface area (Å²) in [5, 5.41) is 9.04. The van der Waals surface area contributed by atoms with Crippen molar-refractivity contribution in [2.75, 3.05) is 0 Å². The molecule has 0 bridgehead atoms. The Bertz CT molecular complexity index is 529. The van der Waals surface area contributed by atoms with Crippen molar-refractivity contribution in [3.8, 4) is 5.75 Å². The summed E-state index contributed by atoms with van der Waals surface area (Å²) >= 11 is 3.26. The lowest BCUT2D eigenvalue weighted by atomic mass is 10.2. The molecule has 2 aromatic carbocycles. The molecule has 0 unspecified atom stereocenters. The van der Waals surface area contributed by atoms with Crippen molar-refractivity contribution in [1.29, 1.82) is 0 Å². The van der Waals surface area contributed by atoms with Crippen LogP contribution in [0.5, 0.6) is 5.75 Å². The summed E-state index contributed by atoms with van der Waals surface area (Å²) in [5.41, 5.74) is 1.18. The van der Waals surface area contributed by atoms with Crippen molar-refractivity contribution < 1.29 is 14.2 Å². The summed E-state index contributed by atoms with van der Waals surface area (Å²) < 4.78 is 20.0. The first kappa shape index (κ1) is 13.1. The topological polar surface area (TPSA) is 29.5 Å². The van der Waals surface area contributed by atoms with E-state index in [0.29, 0.717) is 11.1 Å². The third-order valence-corrected chi connectivity index (χ3v) is 2.94. The fourth-order valence-corrected chi connectivity index (χ4v) is 2.06. The van der Waals surface area contributed by atoms with Crippen molar-refractivity contribution in [1.82, 2.24) is 0 Å². The molecule has 0 spiro atoms. The van der Waals surface area contributed by atoms with Gasteiger partial charge in [0.05, 0.1) is 6.61 Å². The minimum atomic E-state index is -0.517. The summed E-state index contributed by atoms with van der Waals surface area (Å²) in [5.74, 6) is -0.381. The number of rotatable bonds is 4. The minimum absolute atomic E-state index is 0.136. The Hall–Kier alpha value is -1.39. The van der Waals surface area contributed by atoms with E-state index in [4.69, 9.17) is 9.84 Å². The average molecular weight is 311 g/mol. The maximum atomic E-state index is 13.8. The van der Waals surface area contributed by atoms with Gasteiger partial charge in [0.1, 0.15) is 6.61 Å². The zero-order chi connectivity index (χ0) is 13.0. The summed E-state index contributed by atoms with van der Waals surface area (Å²) in [7, 11) is 0. The molecule has 0 atom stereocenters. The second-order valence-corrected chi connectivity index (χ2v) is 4.73. The van der Waals surface area contributed by atoms with Gasteiger partial charge in [0.15, 0.2) is 11.6 Å². The first-order valence-corrected chi connectivity index (χ1v) is 6.25. The van der Waals surface area contributed by atoms with E-state index in [-0.39, 0.29) is 17.9 Å².